The molecule has 136 valence electrons. The number of benzene rings is 1. The number of phenols is 1. The number of esters is 1. The van der Waals surface area contributed by atoms with Crippen LogP contribution in [0.4, 0.5) is 0 Å². The molecule has 0 amide bonds. The molecule has 1 N–H and O–H groups in total. The molecule has 4 nitrogen and oxygen atoms in total. The van der Waals surface area contributed by atoms with Crippen molar-refractivity contribution in [1.29, 1.82) is 0 Å². The van der Waals surface area contributed by atoms with Crippen molar-refractivity contribution in [1.82, 2.24) is 0 Å². The molecule has 0 radical (unpaired) electrons. The Labute approximate surface area is 153 Å². The third kappa shape index (κ3) is 1.82. The van der Waals surface area contributed by atoms with E-state index in [0.29, 0.717) is 11.5 Å². The molecule has 2 aliphatic carbocycles. The summed E-state index contributed by atoms with van der Waals surface area (Å²) in [6.45, 7) is 8.03. The van der Waals surface area contributed by atoms with Crippen molar-refractivity contribution in [3.05, 3.63) is 46.6 Å². The summed E-state index contributed by atoms with van der Waals surface area (Å²) in [7, 11) is 0. The molecule has 1 spiro atoms. The Hall–Kier alpha value is -2.23. The zero-order valence-electron chi connectivity index (χ0n) is 15.6. The van der Waals surface area contributed by atoms with Crippen molar-refractivity contribution in [3.63, 3.8) is 0 Å². The predicted molar refractivity (Wildman–Crippen MR) is 97.2 cm³/mol. The molecule has 26 heavy (non-hydrogen) atoms. The van der Waals surface area contributed by atoms with Crippen LogP contribution in [0.2, 0.25) is 0 Å². The number of aryl methyl sites for hydroxylation is 1. The summed E-state index contributed by atoms with van der Waals surface area (Å²) in [4.78, 5) is 12.3. The van der Waals surface area contributed by atoms with Crippen LogP contribution in [-0.4, -0.2) is 22.3 Å². The number of phenolic OH excluding ortho intramolecular Hbond substituents is 1. The first-order valence-corrected chi connectivity index (χ1v) is 9.39. The van der Waals surface area contributed by atoms with Crippen LogP contribution < -0.4 is 4.74 Å². The number of fused-ring (bicyclic) bond motifs is 3. The molecule has 5 rings (SSSR count). The Morgan fingerprint density at radius 2 is 1.92 bits per heavy atom. The zero-order valence-corrected chi connectivity index (χ0v) is 15.6. The number of ether oxygens (including phenoxy) is 2. The molecule has 0 aromatic heterocycles. The number of hydrogen-bond donors (Lipinski definition) is 1. The molecule has 4 heteroatoms. The maximum atomic E-state index is 12.3. The second-order valence-corrected chi connectivity index (χ2v) is 8.70. The summed E-state index contributed by atoms with van der Waals surface area (Å²) >= 11 is 0. The first-order chi connectivity index (χ1) is 12.2. The highest BCUT2D eigenvalue weighted by molar-refractivity contribution is 5.91. The number of carbonyl (C=O) groups excluding carboxylic acids is 1. The normalized spacial score (nSPS) is 39.7. The lowest BCUT2D eigenvalue weighted by Gasteiger charge is -2.52. The van der Waals surface area contributed by atoms with Gasteiger partial charge in [0.1, 0.15) is 17.1 Å². The van der Waals surface area contributed by atoms with Crippen molar-refractivity contribution in [3.8, 4) is 11.5 Å². The molecule has 2 heterocycles. The SMILES string of the molecule is CC1=CC2(C=C(C)C3CCC4(C)Oc5cc(C)c(O)cc5C2C34)OC1=O. The topological polar surface area (TPSA) is 55.8 Å². The Balaban J connectivity index is 1.81. The second kappa shape index (κ2) is 4.73. The van der Waals surface area contributed by atoms with E-state index in [2.05, 4.69) is 19.9 Å². The molecule has 1 aromatic rings. The van der Waals surface area contributed by atoms with Crippen LogP contribution in [-0.2, 0) is 9.53 Å². The van der Waals surface area contributed by atoms with Gasteiger partial charge in [-0.3, -0.25) is 0 Å². The highest BCUT2D eigenvalue weighted by Gasteiger charge is 2.63. The van der Waals surface area contributed by atoms with Crippen LogP contribution in [0.1, 0.15) is 50.7 Å². The number of carbonyl (C=O) groups is 1. The van der Waals surface area contributed by atoms with Crippen LogP contribution in [0, 0.1) is 18.8 Å². The smallest absolute Gasteiger partial charge is 0.334 e. The lowest BCUT2D eigenvalue weighted by atomic mass is 9.59. The van der Waals surface area contributed by atoms with E-state index in [1.54, 1.807) is 0 Å². The van der Waals surface area contributed by atoms with Gasteiger partial charge in [-0.1, -0.05) is 5.57 Å². The van der Waals surface area contributed by atoms with Crippen LogP contribution in [0.15, 0.2) is 35.4 Å². The molecule has 5 unspecified atom stereocenters. The zero-order chi connectivity index (χ0) is 18.4. The van der Waals surface area contributed by atoms with E-state index in [4.69, 9.17) is 9.47 Å². The highest BCUT2D eigenvalue weighted by atomic mass is 16.6. The molecule has 1 fully saturated rings. The average Bonchev–Trinajstić information content (AvgIpc) is 3.03. The molecular weight excluding hydrogens is 328 g/mol. The van der Waals surface area contributed by atoms with E-state index in [1.807, 2.05) is 32.1 Å². The minimum atomic E-state index is -0.780. The van der Waals surface area contributed by atoms with Crippen molar-refractivity contribution in [2.24, 2.45) is 11.8 Å². The van der Waals surface area contributed by atoms with Gasteiger partial charge >= 0.3 is 5.97 Å². The van der Waals surface area contributed by atoms with E-state index < -0.39 is 5.60 Å². The second-order valence-electron chi connectivity index (χ2n) is 8.70. The molecule has 2 aliphatic heterocycles. The molecular formula is C22H24O4. The minimum absolute atomic E-state index is 0.0413. The van der Waals surface area contributed by atoms with Gasteiger partial charge in [-0.15, -0.1) is 0 Å². The fourth-order valence-electron chi connectivity index (χ4n) is 5.86. The van der Waals surface area contributed by atoms with E-state index in [-0.39, 0.29) is 29.2 Å². The van der Waals surface area contributed by atoms with Crippen molar-refractivity contribution in [2.75, 3.05) is 0 Å². The van der Waals surface area contributed by atoms with Crippen molar-refractivity contribution >= 4 is 5.97 Å². The lowest BCUT2D eigenvalue weighted by Crippen LogP contribution is -2.54. The van der Waals surface area contributed by atoms with Gasteiger partial charge in [0.2, 0.25) is 0 Å². The van der Waals surface area contributed by atoms with Gasteiger partial charge < -0.3 is 14.6 Å². The molecule has 1 saturated carbocycles. The monoisotopic (exact) mass is 352 g/mol. The van der Waals surface area contributed by atoms with Crippen LogP contribution in [0.3, 0.4) is 0 Å². The largest absolute Gasteiger partial charge is 0.508 e. The fraction of sp³-hybridized carbons (Fsp3) is 0.500. The van der Waals surface area contributed by atoms with E-state index in [0.717, 1.165) is 29.7 Å². The number of rotatable bonds is 0. The molecule has 4 aliphatic rings. The number of allylic oxidation sites excluding steroid dienone is 1. The molecule has 0 saturated heterocycles. The summed E-state index contributed by atoms with van der Waals surface area (Å²) in [6, 6.07) is 3.74. The first-order valence-electron chi connectivity index (χ1n) is 9.39. The van der Waals surface area contributed by atoms with Gasteiger partial charge in [0.05, 0.1) is 0 Å². The third-order valence-corrected chi connectivity index (χ3v) is 7.01. The Morgan fingerprint density at radius 1 is 1.15 bits per heavy atom. The first kappa shape index (κ1) is 16.0. The van der Waals surface area contributed by atoms with Gasteiger partial charge in [0, 0.05) is 23.0 Å². The van der Waals surface area contributed by atoms with Crippen LogP contribution in [0.5, 0.6) is 11.5 Å². The third-order valence-electron chi connectivity index (χ3n) is 7.01. The summed E-state index contributed by atoms with van der Waals surface area (Å²) in [6.07, 6.45) is 6.18. The van der Waals surface area contributed by atoms with Gasteiger partial charge in [-0.2, -0.15) is 0 Å². The molecule has 1 aromatic carbocycles. The van der Waals surface area contributed by atoms with Crippen LogP contribution >= 0.6 is 0 Å². The lowest BCUT2D eigenvalue weighted by molar-refractivity contribution is -0.149. The Kier molecular flexibility index (Phi) is 2.91. The van der Waals surface area contributed by atoms with E-state index >= 15 is 0 Å². The average molecular weight is 352 g/mol. The predicted octanol–water partition coefficient (Wildman–Crippen LogP) is 4.16. The maximum Gasteiger partial charge on any atom is 0.334 e. The van der Waals surface area contributed by atoms with Crippen molar-refractivity contribution < 1.29 is 19.4 Å². The van der Waals surface area contributed by atoms with Crippen molar-refractivity contribution in [2.45, 2.75) is 57.7 Å². The van der Waals surface area contributed by atoms with Crippen LogP contribution in [0.25, 0.3) is 0 Å². The van der Waals surface area contributed by atoms with Gasteiger partial charge in [-0.05, 0) is 76.3 Å². The summed E-state index contributed by atoms with van der Waals surface area (Å²) in [5.74, 6) is 1.41. The Bertz CT molecular complexity index is 911. The molecule has 0 bridgehead atoms. The van der Waals surface area contributed by atoms with E-state index in [9.17, 15) is 9.90 Å². The molecule has 5 atom stereocenters. The number of hydrogen-bond acceptors (Lipinski definition) is 4. The van der Waals surface area contributed by atoms with E-state index in [1.165, 1.54) is 5.57 Å². The quantitative estimate of drug-likeness (QED) is 0.563. The fourth-order valence-corrected chi connectivity index (χ4v) is 5.86. The highest BCUT2D eigenvalue weighted by Crippen LogP contribution is 2.64. The Morgan fingerprint density at radius 3 is 2.62 bits per heavy atom. The summed E-state index contributed by atoms with van der Waals surface area (Å²) in [5.41, 5.74) is 2.61. The van der Waals surface area contributed by atoms with Gasteiger partial charge in [0.15, 0.2) is 5.60 Å². The van der Waals surface area contributed by atoms with Gasteiger partial charge in [0.25, 0.3) is 0 Å². The minimum Gasteiger partial charge on any atom is -0.508 e. The summed E-state index contributed by atoms with van der Waals surface area (Å²) in [5, 5.41) is 10.4. The maximum absolute atomic E-state index is 12.3. The number of aromatic hydroxyl groups is 1. The standard InChI is InChI=1S/C22H24O4/c1-11-7-17-15(8-16(11)23)19-18-14(5-6-21(18,4)25-17)12(2)9-22(19)10-13(3)20(24)26-22/h7-10,14,18-19,23H,5-6H2,1-4H3. The summed E-state index contributed by atoms with van der Waals surface area (Å²) < 4.78 is 12.5. The van der Waals surface area contributed by atoms with Gasteiger partial charge in [-0.25, -0.2) is 4.79 Å².